The van der Waals surface area contributed by atoms with Gasteiger partial charge in [-0.15, -0.1) is 0 Å². The minimum atomic E-state index is -0.302. The topological polar surface area (TPSA) is 91.8 Å². The molecule has 2 heterocycles. The SMILES string of the molecule is CC(=O)NCCCNCc1ccc(-n2cc3cc(C(C)(C)C)[nH]c3nc2=O)cc1. The first-order valence-corrected chi connectivity index (χ1v) is 9.91. The molecule has 0 saturated carbocycles. The van der Waals surface area contributed by atoms with E-state index in [9.17, 15) is 9.59 Å². The average molecular weight is 396 g/mol. The molecule has 0 aliphatic rings. The second-order valence-electron chi connectivity index (χ2n) is 8.31. The standard InChI is InChI=1S/C22H29N5O2/c1-15(28)24-11-5-10-23-13-16-6-8-18(9-7-16)27-14-17-12-19(22(2,3)4)25-20(17)26-21(27)29/h6-9,12,14,23H,5,10-11,13H2,1-4H3,(H,24,28)(H,25,26,29). The van der Waals surface area contributed by atoms with Crippen molar-refractivity contribution >= 4 is 16.9 Å². The quantitative estimate of drug-likeness (QED) is 0.536. The molecule has 3 aromatic rings. The van der Waals surface area contributed by atoms with Gasteiger partial charge < -0.3 is 15.6 Å². The van der Waals surface area contributed by atoms with Crippen LogP contribution in [0, 0.1) is 0 Å². The van der Waals surface area contributed by atoms with Crippen molar-refractivity contribution in [3.63, 3.8) is 0 Å². The summed E-state index contributed by atoms with van der Waals surface area (Å²) in [7, 11) is 0. The molecule has 0 radical (unpaired) electrons. The van der Waals surface area contributed by atoms with E-state index in [1.165, 1.54) is 6.92 Å². The number of amides is 1. The van der Waals surface area contributed by atoms with E-state index >= 15 is 0 Å². The van der Waals surface area contributed by atoms with Crippen molar-refractivity contribution < 1.29 is 4.79 Å². The van der Waals surface area contributed by atoms with E-state index in [1.807, 2.05) is 30.5 Å². The molecule has 3 rings (SSSR count). The third-order valence-electron chi connectivity index (χ3n) is 4.76. The van der Waals surface area contributed by atoms with Gasteiger partial charge in [-0.3, -0.25) is 9.36 Å². The number of H-pyrrole nitrogens is 1. The highest BCUT2D eigenvalue weighted by Gasteiger charge is 2.17. The molecule has 0 bridgehead atoms. The van der Waals surface area contributed by atoms with Gasteiger partial charge in [0.05, 0.1) is 5.69 Å². The number of carbonyl (C=O) groups is 1. The summed E-state index contributed by atoms with van der Waals surface area (Å²) in [5.74, 6) is -0.00206. The molecule has 0 aliphatic carbocycles. The molecule has 0 unspecified atom stereocenters. The summed E-state index contributed by atoms with van der Waals surface area (Å²) in [6.45, 7) is 10.1. The number of aromatic amines is 1. The van der Waals surface area contributed by atoms with Crippen molar-refractivity contribution in [2.45, 2.75) is 46.1 Å². The maximum absolute atomic E-state index is 12.5. The maximum atomic E-state index is 12.5. The number of nitrogens with zero attached hydrogens (tertiary/aromatic N) is 2. The zero-order valence-corrected chi connectivity index (χ0v) is 17.5. The van der Waals surface area contributed by atoms with E-state index in [2.05, 4.69) is 47.4 Å². The number of benzene rings is 1. The van der Waals surface area contributed by atoms with Crippen molar-refractivity contribution in [2.24, 2.45) is 0 Å². The molecule has 7 nitrogen and oxygen atoms in total. The molecule has 1 amide bonds. The Hall–Kier alpha value is -2.93. The van der Waals surface area contributed by atoms with Crippen molar-refractivity contribution in [1.29, 1.82) is 0 Å². The van der Waals surface area contributed by atoms with Crippen LogP contribution < -0.4 is 16.3 Å². The summed E-state index contributed by atoms with van der Waals surface area (Å²) < 4.78 is 1.58. The van der Waals surface area contributed by atoms with Crippen LogP contribution in [0.5, 0.6) is 0 Å². The lowest BCUT2D eigenvalue weighted by Crippen LogP contribution is -2.25. The van der Waals surface area contributed by atoms with Crippen LogP contribution >= 0.6 is 0 Å². The van der Waals surface area contributed by atoms with Gasteiger partial charge in [0.25, 0.3) is 0 Å². The van der Waals surface area contributed by atoms with Gasteiger partial charge in [0, 0.05) is 42.7 Å². The molecule has 154 valence electrons. The highest BCUT2D eigenvalue weighted by molar-refractivity contribution is 5.76. The van der Waals surface area contributed by atoms with Gasteiger partial charge in [-0.05, 0) is 36.7 Å². The highest BCUT2D eigenvalue weighted by atomic mass is 16.1. The fraction of sp³-hybridized carbons (Fsp3) is 0.409. The summed E-state index contributed by atoms with van der Waals surface area (Å²) in [5.41, 5.74) is 3.26. The lowest BCUT2D eigenvalue weighted by Gasteiger charge is -2.15. The number of rotatable bonds is 7. The summed E-state index contributed by atoms with van der Waals surface area (Å²) in [5, 5.41) is 7.04. The monoisotopic (exact) mass is 395 g/mol. The third-order valence-corrected chi connectivity index (χ3v) is 4.76. The van der Waals surface area contributed by atoms with Crippen LogP contribution in [-0.4, -0.2) is 33.5 Å². The van der Waals surface area contributed by atoms with E-state index in [0.717, 1.165) is 41.8 Å². The van der Waals surface area contributed by atoms with Crippen LogP contribution in [0.3, 0.4) is 0 Å². The molecule has 0 atom stereocenters. The number of fused-ring (bicyclic) bond motifs is 1. The molecule has 7 heteroatoms. The lowest BCUT2D eigenvalue weighted by atomic mass is 9.92. The minimum Gasteiger partial charge on any atom is -0.356 e. The molecule has 3 N–H and O–H groups in total. The van der Waals surface area contributed by atoms with Crippen LogP contribution in [0.15, 0.2) is 41.3 Å². The molecule has 0 saturated heterocycles. The second-order valence-corrected chi connectivity index (χ2v) is 8.31. The van der Waals surface area contributed by atoms with Crippen molar-refractivity contribution in [1.82, 2.24) is 25.2 Å². The lowest BCUT2D eigenvalue weighted by molar-refractivity contribution is -0.118. The van der Waals surface area contributed by atoms with E-state index in [-0.39, 0.29) is 17.0 Å². The number of carbonyl (C=O) groups excluding carboxylic acids is 1. The Bertz CT molecular complexity index is 1040. The molecule has 29 heavy (non-hydrogen) atoms. The van der Waals surface area contributed by atoms with Crippen LogP contribution in [0.25, 0.3) is 16.7 Å². The third kappa shape index (κ3) is 5.32. The summed E-state index contributed by atoms with van der Waals surface area (Å²) in [4.78, 5) is 30.8. The van der Waals surface area contributed by atoms with Gasteiger partial charge in [-0.1, -0.05) is 32.9 Å². The number of hydrogen-bond donors (Lipinski definition) is 3. The molecule has 0 aliphatic heterocycles. The number of nitrogens with one attached hydrogen (secondary N) is 3. The zero-order chi connectivity index (χ0) is 21.0. The highest BCUT2D eigenvalue weighted by Crippen LogP contribution is 2.24. The Balaban J connectivity index is 1.67. The minimum absolute atomic E-state index is 0.00206. The Morgan fingerprint density at radius 1 is 1.17 bits per heavy atom. The average Bonchev–Trinajstić information content (AvgIpc) is 3.07. The number of aromatic nitrogens is 3. The Morgan fingerprint density at radius 3 is 2.55 bits per heavy atom. The van der Waals surface area contributed by atoms with Gasteiger partial charge in [-0.2, -0.15) is 4.98 Å². The van der Waals surface area contributed by atoms with Gasteiger partial charge in [0.2, 0.25) is 5.91 Å². The zero-order valence-electron chi connectivity index (χ0n) is 17.5. The van der Waals surface area contributed by atoms with Crippen LogP contribution in [0.4, 0.5) is 0 Å². The number of hydrogen-bond acceptors (Lipinski definition) is 4. The first-order chi connectivity index (χ1) is 13.7. The normalized spacial score (nSPS) is 11.7. The smallest absolute Gasteiger partial charge is 0.354 e. The van der Waals surface area contributed by atoms with Crippen LogP contribution in [0.2, 0.25) is 0 Å². The summed E-state index contributed by atoms with van der Waals surface area (Å²) >= 11 is 0. The fourth-order valence-electron chi connectivity index (χ4n) is 3.07. The maximum Gasteiger partial charge on any atom is 0.354 e. The molecule has 0 fully saturated rings. The van der Waals surface area contributed by atoms with E-state index in [0.29, 0.717) is 12.2 Å². The van der Waals surface area contributed by atoms with Gasteiger partial charge in [-0.25, -0.2) is 4.79 Å². The largest absolute Gasteiger partial charge is 0.356 e. The molecular formula is C22H29N5O2. The Morgan fingerprint density at radius 2 is 1.90 bits per heavy atom. The Labute approximate surface area is 170 Å². The second kappa shape index (κ2) is 8.61. The Kier molecular flexibility index (Phi) is 6.17. The van der Waals surface area contributed by atoms with Gasteiger partial charge >= 0.3 is 5.69 Å². The molecule has 0 spiro atoms. The predicted octanol–water partition coefficient (Wildman–Crippen LogP) is 2.63. The van der Waals surface area contributed by atoms with E-state index in [4.69, 9.17) is 0 Å². The van der Waals surface area contributed by atoms with Gasteiger partial charge in [0.15, 0.2) is 0 Å². The molecular weight excluding hydrogens is 366 g/mol. The summed E-state index contributed by atoms with van der Waals surface area (Å²) in [6.07, 6.45) is 2.72. The predicted molar refractivity (Wildman–Crippen MR) is 115 cm³/mol. The van der Waals surface area contributed by atoms with E-state index < -0.39 is 0 Å². The van der Waals surface area contributed by atoms with Gasteiger partial charge in [0.1, 0.15) is 5.65 Å². The van der Waals surface area contributed by atoms with E-state index in [1.54, 1.807) is 4.57 Å². The fourth-order valence-corrected chi connectivity index (χ4v) is 3.07. The summed E-state index contributed by atoms with van der Waals surface area (Å²) in [6, 6.07) is 9.92. The molecule has 1 aromatic carbocycles. The van der Waals surface area contributed by atoms with Crippen LogP contribution in [-0.2, 0) is 16.8 Å². The first kappa shape index (κ1) is 20.8. The van der Waals surface area contributed by atoms with Crippen molar-refractivity contribution in [3.05, 3.63) is 58.3 Å². The van der Waals surface area contributed by atoms with Crippen molar-refractivity contribution in [2.75, 3.05) is 13.1 Å². The van der Waals surface area contributed by atoms with Crippen LogP contribution in [0.1, 0.15) is 45.4 Å². The molecule has 2 aromatic heterocycles. The first-order valence-electron chi connectivity index (χ1n) is 9.91. The van der Waals surface area contributed by atoms with Crippen molar-refractivity contribution in [3.8, 4) is 5.69 Å².